The molecule has 0 spiro atoms. The SMILES string of the molecule is CCc1cc(CC(O)CNC(C)C)n(CC)n1. The first kappa shape index (κ1) is 14.2. The molecule has 1 atom stereocenters. The van der Waals surface area contributed by atoms with Gasteiger partial charge in [-0.2, -0.15) is 5.10 Å². The van der Waals surface area contributed by atoms with Crippen molar-refractivity contribution in [1.82, 2.24) is 15.1 Å². The topological polar surface area (TPSA) is 50.1 Å². The highest BCUT2D eigenvalue weighted by atomic mass is 16.3. The average Bonchev–Trinajstić information content (AvgIpc) is 2.68. The molecule has 2 N–H and O–H groups in total. The standard InChI is InChI=1S/C13H25N3O/c1-5-11-7-12(16(6-2)15-11)8-13(17)9-14-10(3)4/h7,10,13-14,17H,5-6,8-9H2,1-4H3. The number of aryl methyl sites for hydroxylation is 2. The highest BCUT2D eigenvalue weighted by Crippen LogP contribution is 2.08. The molecule has 4 heteroatoms. The molecule has 1 unspecified atom stereocenters. The highest BCUT2D eigenvalue weighted by Gasteiger charge is 2.11. The number of nitrogens with zero attached hydrogens (tertiary/aromatic N) is 2. The number of aliphatic hydroxyl groups excluding tert-OH is 1. The van der Waals surface area contributed by atoms with Crippen LogP contribution in [0.15, 0.2) is 6.07 Å². The van der Waals surface area contributed by atoms with Gasteiger partial charge in [-0.05, 0) is 19.4 Å². The molecule has 0 amide bonds. The van der Waals surface area contributed by atoms with Crippen molar-refractivity contribution in [3.05, 3.63) is 17.5 Å². The maximum Gasteiger partial charge on any atom is 0.0719 e. The first-order valence-corrected chi connectivity index (χ1v) is 6.53. The molecule has 0 bridgehead atoms. The van der Waals surface area contributed by atoms with Crippen LogP contribution in [-0.2, 0) is 19.4 Å². The lowest BCUT2D eigenvalue weighted by Gasteiger charge is -2.14. The predicted octanol–water partition coefficient (Wildman–Crippen LogP) is 1.37. The summed E-state index contributed by atoms with van der Waals surface area (Å²) in [7, 11) is 0. The Bertz CT molecular complexity index is 333. The maximum absolute atomic E-state index is 9.95. The van der Waals surface area contributed by atoms with Crippen molar-refractivity contribution >= 4 is 0 Å². The lowest BCUT2D eigenvalue weighted by atomic mass is 10.1. The van der Waals surface area contributed by atoms with Gasteiger partial charge < -0.3 is 10.4 Å². The maximum atomic E-state index is 9.95. The number of aromatic nitrogens is 2. The highest BCUT2D eigenvalue weighted by molar-refractivity contribution is 5.11. The van der Waals surface area contributed by atoms with Gasteiger partial charge >= 0.3 is 0 Å². The summed E-state index contributed by atoms with van der Waals surface area (Å²) in [5.41, 5.74) is 2.23. The van der Waals surface area contributed by atoms with Crippen LogP contribution in [0.1, 0.15) is 39.1 Å². The number of rotatable bonds is 7. The molecule has 0 aliphatic carbocycles. The Kier molecular flexibility index (Phi) is 5.65. The van der Waals surface area contributed by atoms with E-state index < -0.39 is 0 Å². The van der Waals surface area contributed by atoms with E-state index in [9.17, 15) is 5.11 Å². The van der Waals surface area contributed by atoms with E-state index in [1.165, 1.54) is 0 Å². The zero-order valence-corrected chi connectivity index (χ0v) is 11.4. The van der Waals surface area contributed by atoms with Crippen molar-refractivity contribution in [2.75, 3.05) is 6.54 Å². The van der Waals surface area contributed by atoms with Crippen LogP contribution in [0.2, 0.25) is 0 Å². The van der Waals surface area contributed by atoms with E-state index in [0.717, 1.165) is 24.4 Å². The zero-order chi connectivity index (χ0) is 12.8. The Morgan fingerprint density at radius 1 is 1.41 bits per heavy atom. The predicted molar refractivity (Wildman–Crippen MR) is 70.1 cm³/mol. The summed E-state index contributed by atoms with van der Waals surface area (Å²) in [5, 5.41) is 17.7. The second kappa shape index (κ2) is 6.77. The number of hydrogen-bond donors (Lipinski definition) is 2. The summed E-state index contributed by atoms with van der Waals surface area (Å²) in [6.07, 6.45) is 1.27. The molecule has 1 aromatic heterocycles. The molecule has 0 fully saturated rings. The summed E-state index contributed by atoms with van der Waals surface area (Å²) in [5.74, 6) is 0. The van der Waals surface area contributed by atoms with Crippen molar-refractivity contribution < 1.29 is 5.11 Å². The molecular weight excluding hydrogens is 214 g/mol. The van der Waals surface area contributed by atoms with Gasteiger partial charge in [-0.1, -0.05) is 20.8 Å². The lowest BCUT2D eigenvalue weighted by molar-refractivity contribution is 0.166. The van der Waals surface area contributed by atoms with Crippen molar-refractivity contribution in [1.29, 1.82) is 0 Å². The molecule has 98 valence electrons. The lowest BCUT2D eigenvalue weighted by Crippen LogP contribution is -2.33. The van der Waals surface area contributed by atoms with E-state index in [0.29, 0.717) is 19.0 Å². The normalized spacial score (nSPS) is 13.3. The van der Waals surface area contributed by atoms with Crippen LogP contribution in [0.25, 0.3) is 0 Å². The Hall–Kier alpha value is -0.870. The van der Waals surface area contributed by atoms with E-state index in [2.05, 4.69) is 44.2 Å². The van der Waals surface area contributed by atoms with Crippen molar-refractivity contribution in [2.24, 2.45) is 0 Å². The summed E-state index contributed by atoms with van der Waals surface area (Å²) < 4.78 is 1.98. The molecule has 1 rings (SSSR count). The minimum Gasteiger partial charge on any atom is -0.391 e. The molecule has 17 heavy (non-hydrogen) atoms. The first-order valence-electron chi connectivity index (χ1n) is 6.53. The first-order chi connectivity index (χ1) is 8.06. The van der Waals surface area contributed by atoms with E-state index >= 15 is 0 Å². The second-order valence-corrected chi connectivity index (χ2v) is 4.72. The molecule has 1 aromatic rings. The van der Waals surface area contributed by atoms with E-state index in [-0.39, 0.29) is 6.10 Å². The Morgan fingerprint density at radius 2 is 2.12 bits per heavy atom. The van der Waals surface area contributed by atoms with Crippen LogP contribution >= 0.6 is 0 Å². The van der Waals surface area contributed by atoms with Crippen molar-refractivity contribution in [2.45, 2.75) is 59.2 Å². The Morgan fingerprint density at radius 3 is 2.65 bits per heavy atom. The molecule has 1 heterocycles. The average molecular weight is 239 g/mol. The second-order valence-electron chi connectivity index (χ2n) is 4.72. The summed E-state index contributed by atoms with van der Waals surface area (Å²) in [6, 6.07) is 2.51. The fourth-order valence-corrected chi connectivity index (χ4v) is 1.81. The smallest absolute Gasteiger partial charge is 0.0719 e. The van der Waals surface area contributed by atoms with Crippen LogP contribution in [0.3, 0.4) is 0 Å². The molecule has 4 nitrogen and oxygen atoms in total. The Balaban J connectivity index is 2.57. The van der Waals surface area contributed by atoms with Crippen LogP contribution < -0.4 is 5.32 Å². The molecule has 0 aromatic carbocycles. The van der Waals surface area contributed by atoms with Gasteiger partial charge in [0.05, 0.1) is 11.8 Å². The monoisotopic (exact) mass is 239 g/mol. The molecule has 0 aliphatic rings. The molecule has 0 radical (unpaired) electrons. The van der Waals surface area contributed by atoms with Gasteiger partial charge in [0.1, 0.15) is 0 Å². The minimum atomic E-state index is -0.343. The van der Waals surface area contributed by atoms with Gasteiger partial charge in [0.15, 0.2) is 0 Å². The largest absolute Gasteiger partial charge is 0.391 e. The number of aliphatic hydroxyl groups is 1. The molecule has 0 aliphatic heterocycles. The summed E-state index contributed by atoms with van der Waals surface area (Å²) >= 11 is 0. The third-order valence-electron chi connectivity index (χ3n) is 2.78. The van der Waals surface area contributed by atoms with Gasteiger partial charge in [-0.15, -0.1) is 0 Å². The van der Waals surface area contributed by atoms with Gasteiger partial charge in [0, 0.05) is 31.2 Å². The minimum absolute atomic E-state index is 0.343. The van der Waals surface area contributed by atoms with E-state index in [4.69, 9.17) is 0 Å². The van der Waals surface area contributed by atoms with E-state index in [1.54, 1.807) is 0 Å². The van der Waals surface area contributed by atoms with Crippen LogP contribution in [-0.4, -0.2) is 33.6 Å². The quantitative estimate of drug-likeness (QED) is 0.755. The number of nitrogens with one attached hydrogen (secondary N) is 1. The van der Waals surface area contributed by atoms with Crippen LogP contribution in [0, 0.1) is 0 Å². The molecular formula is C13H25N3O. The molecule has 0 saturated carbocycles. The van der Waals surface area contributed by atoms with Gasteiger partial charge in [0.2, 0.25) is 0 Å². The fraction of sp³-hybridized carbons (Fsp3) is 0.769. The van der Waals surface area contributed by atoms with Gasteiger partial charge in [-0.25, -0.2) is 0 Å². The number of hydrogen-bond acceptors (Lipinski definition) is 3. The van der Waals surface area contributed by atoms with Gasteiger partial charge in [-0.3, -0.25) is 4.68 Å². The summed E-state index contributed by atoms with van der Waals surface area (Å²) in [4.78, 5) is 0. The van der Waals surface area contributed by atoms with Crippen molar-refractivity contribution in [3.63, 3.8) is 0 Å². The third kappa shape index (κ3) is 4.48. The van der Waals surface area contributed by atoms with Crippen LogP contribution in [0.4, 0.5) is 0 Å². The van der Waals surface area contributed by atoms with Crippen molar-refractivity contribution in [3.8, 4) is 0 Å². The van der Waals surface area contributed by atoms with Crippen LogP contribution in [0.5, 0.6) is 0 Å². The van der Waals surface area contributed by atoms with Gasteiger partial charge in [0.25, 0.3) is 0 Å². The Labute approximate surface area is 104 Å². The fourth-order valence-electron chi connectivity index (χ4n) is 1.81. The summed E-state index contributed by atoms with van der Waals surface area (Å²) in [6.45, 7) is 9.83. The zero-order valence-electron chi connectivity index (χ0n) is 11.4. The molecule has 0 saturated heterocycles. The van der Waals surface area contributed by atoms with E-state index in [1.807, 2.05) is 4.68 Å². The third-order valence-corrected chi connectivity index (χ3v) is 2.78.